The van der Waals surface area contributed by atoms with Gasteiger partial charge in [-0.3, -0.25) is 4.79 Å². The maximum Gasteiger partial charge on any atom is 0.222 e. The summed E-state index contributed by atoms with van der Waals surface area (Å²) in [5.74, 6) is 2.15. The van der Waals surface area contributed by atoms with Crippen molar-refractivity contribution < 1.29 is 4.79 Å². The molecule has 146 valence electrons. The van der Waals surface area contributed by atoms with E-state index in [9.17, 15) is 4.79 Å². The van der Waals surface area contributed by atoms with E-state index in [4.69, 9.17) is 15.1 Å². The Balaban J connectivity index is 1.66. The van der Waals surface area contributed by atoms with Crippen LogP contribution in [0.3, 0.4) is 0 Å². The summed E-state index contributed by atoms with van der Waals surface area (Å²) >= 11 is 0. The zero-order valence-corrected chi connectivity index (χ0v) is 16.6. The largest absolute Gasteiger partial charge is 0.368 e. The average Bonchev–Trinajstić information content (AvgIpc) is 3.49. The molecule has 0 aliphatic heterocycles. The van der Waals surface area contributed by atoms with Crippen LogP contribution in [0.4, 0.5) is 5.82 Å². The first-order valence-corrected chi connectivity index (χ1v) is 9.89. The Labute approximate surface area is 164 Å². The van der Waals surface area contributed by atoms with E-state index in [2.05, 4.69) is 10.6 Å². The van der Waals surface area contributed by atoms with Crippen molar-refractivity contribution in [3.8, 4) is 5.69 Å². The lowest BCUT2D eigenvalue weighted by Gasteiger charge is -2.11. The molecule has 1 aliphatic rings. The van der Waals surface area contributed by atoms with Crippen LogP contribution in [0.5, 0.6) is 0 Å². The number of aryl methyl sites for hydroxylation is 1. The number of hydrogen-bond acceptors (Lipinski definition) is 5. The Morgan fingerprint density at radius 1 is 1.18 bits per heavy atom. The predicted molar refractivity (Wildman–Crippen MR) is 110 cm³/mol. The quantitative estimate of drug-likeness (QED) is 0.617. The van der Waals surface area contributed by atoms with Gasteiger partial charge < -0.3 is 10.6 Å². The van der Waals surface area contributed by atoms with Crippen LogP contribution >= 0.6 is 0 Å². The molecule has 4 rings (SSSR count). The highest BCUT2D eigenvalue weighted by molar-refractivity contribution is 5.90. The van der Waals surface area contributed by atoms with Gasteiger partial charge in [-0.1, -0.05) is 32.0 Å². The summed E-state index contributed by atoms with van der Waals surface area (Å²) in [6, 6.07) is 10.0. The molecule has 3 aromatic rings. The molecule has 1 aliphatic carbocycles. The van der Waals surface area contributed by atoms with Crippen LogP contribution in [0.15, 0.2) is 30.3 Å². The van der Waals surface area contributed by atoms with Gasteiger partial charge in [0.15, 0.2) is 5.65 Å². The second kappa shape index (κ2) is 7.58. The summed E-state index contributed by atoms with van der Waals surface area (Å²) in [5, 5.41) is 12.0. The molecule has 1 saturated carbocycles. The van der Waals surface area contributed by atoms with Crippen molar-refractivity contribution in [2.24, 2.45) is 5.92 Å². The number of nitrogens with one attached hydrogen (secondary N) is 2. The zero-order chi connectivity index (χ0) is 19.7. The molecule has 0 unspecified atom stereocenters. The van der Waals surface area contributed by atoms with E-state index in [-0.39, 0.29) is 11.8 Å². The van der Waals surface area contributed by atoms with Crippen LogP contribution in [0.25, 0.3) is 16.7 Å². The molecule has 28 heavy (non-hydrogen) atoms. The number of rotatable bonds is 7. The number of aromatic nitrogens is 4. The van der Waals surface area contributed by atoms with Gasteiger partial charge in [0.2, 0.25) is 5.91 Å². The maximum absolute atomic E-state index is 11.8. The van der Waals surface area contributed by atoms with Crippen LogP contribution in [-0.4, -0.2) is 38.7 Å². The highest BCUT2D eigenvalue weighted by Crippen LogP contribution is 2.40. The summed E-state index contributed by atoms with van der Waals surface area (Å²) in [7, 11) is 0. The fourth-order valence-corrected chi connectivity index (χ4v) is 3.17. The lowest BCUT2D eigenvalue weighted by Crippen LogP contribution is -2.32. The Bertz CT molecular complexity index is 991. The molecule has 1 aromatic carbocycles. The molecule has 0 radical (unpaired) electrons. The topological polar surface area (TPSA) is 84.7 Å². The van der Waals surface area contributed by atoms with Crippen LogP contribution in [-0.2, 0) is 4.79 Å². The monoisotopic (exact) mass is 378 g/mol. The van der Waals surface area contributed by atoms with E-state index in [1.54, 1.807) is 0 Å². The van der Waals surface area contributed by atoms with Crippen molar-refractivity contribution in [1.82, 2.24) is 25.1 Å². The van der Waals surface area contributed by atoms with Crippen LogP contribution in [0.2, 0.25) is 0 Å². The summed E-state index contributed by atoms with van der Waals surface area (Å²) in [4.78, 5) is 21.4. The predicted octanol–water partition coefficient (Wildman–Crippen LogP) is 3.19. The summed E-state index contributed by atoms with van der Waals surface area (Å²) in [6.45, 7) is 6.91. The lowest BCUT2D eigenvalue weighted by atomic mass is 10.2. The van der Waals surface area contributed by atoms with Crippen LogP contribution in [0.1, 0.15) is 44.1 Å². The van der Waals surface area contributed by atoms with E-state index in [1.807, 2.05) is 55.8 Å². The summed E-state index contributed by atoms with van der Waals surface area (Å²) in [5.41, 5.74) is 2.69. The number of amides is 1. The zero-order valence-electron chi connectivity index (χ0n) is 16.6. The van der Waals surface area contributed by atoms with Crippen LogP contribution in [0, 0.1) is 12.8 Å². The van der Waals surface area contributed by atoms with E-state index < -0.39 is 0 Å². The van der Waals surface area contributed by atoms with Crippen molar-refractivity contribution in [2.75, 3.05) is 18.4 Å². The number of carbonyl (C=O) groups is 1. The van der Waals surface area contributed by atoms with E-state index >= 15 is 0 Å². The molecule has 0 bridgehead atoms. The maximum atomic E-state index is 11.8. The Hall–Kier alpha value is -2.96. The molecular weight excluding hydrogens is 352 g/mol. The van der Waals surface area contributed by atoms with Gasteiger partial charge >= 0.3 is 0 Å². The van der Waals surface area contributed by atoms with Crippen molar-refractivity contribution in [3.05, 3.63) is 41.9 Å². The molecule has 2 N–H and O–H groups in total. The summed E-state index contributed by atoms with van der Waals surface area (Å²) < 4.78 is 1.89. The third-order valence-corrected chi connectivity index (χ3v) is 4.90. The number of fused-ring (bicyclic) bond motifs is 1. The Morgan fingerprint density at radius 2 is 1.93 bits per heavy atom. The molecule has 1 fully saturated rings. The fraction of sp³-hybridized carbons (Fsp3) is 0.429. The average molecular weight is 378 g/mol. The van der Waals surface area contributed by atoms with Gasteiger partial charge in [-0.25, -0.2) is 14.6 Å². The number of nitrogens with zero attached hydrogens (tertiary/aromatic N) is 4. The van der Waals surface area contributed by atoms with Crippen LogP contribution < -0.4 is 10.6 Å². The molecule has 7 nitrogen and oxygen atoms in total. The van der Waals surface area contributed by atoms with Gasteiger partial charge in [0.05, 0.1) is 16.8 Å². The summed E-state index contributed by atoms with van der Waals surface area (Å²) in [6.07, 6.45) is 2.27. The molecule has 2 aromatic heterocycles. The van der Waals surface area contributed by atoms with Gasteiger partial charge in [0.1, 0.15) is 11.6 Å². The minimum atomic E-state index is -0.0152. The molecule has 0 saturated heterocycles. The molecule has 1 amide bonds. The van der Waals surface area contributed by atoms with Crippen molar-refractivity contribution in [1.29, 1.82) is 0 Å². The lowest BCUT2D eigenvalue weighted by molar-refractivity contribution is -0.123. The SMILES string of the molecule is Cc1nn(-c2ccccc2)c2nc(C3CC3)nc(NCCNC(=O)C(C)C)c12. The molecule has 7 heteroatoms. The number of carbonyl (C=O) groups excluding carboxylic acids is 1. The molecular formula is C21H26N6O. The van der Waals surface area contributed by atoms with Gasteiger partial charge in [0, 0.05) is 24.9 Å². The standard InChI is InChI=1S/C21H26N6O/c1-13(2)21(28)23-12-11-22-19-17-14(3)26-27(16-7-5-4-6-8-16)20(17)25-18(24-19)15-9-10-15/h4-8,13,15H,9-12H2,1-3H3,(H,23,28)(H,22,24,25). The van der Waals surface area contributed by atoms with Gasteiger partial charge in [-0.2, -0.15) is 5.10 Å². The van der Waals surface area contributed by atoms with Gasteiger partial charge in [-0.05, 0) is 31.9 Å². The second-order valence-corrected chi connectivity index (χ2v) is 7.61. The van der Waals surface area contributed by atoms with Crippen molar-refractivity contribution in [2.45, 2.75) is 39.5 Å². The number of para-hydroxylation sites is 1. The number of benzene rings is 1. The Kier molecular flexibility index (Phi) is 4.98. The second-order valence-electron chi connectivity index (χ2n) is 7.61. The first-order valence-electron chi connectivity index (χ1n) is 9.89. The number of anilines is 1. The molecule has 0 atom stereocenters. The normalized spacial score (nSPS) is 13.9. The van der Waals surface area contributed by atoms with E-state index in [1.165, 1.54) is 0 Å². The minimum absolute atomic E-state index is 0.0152. The fourth-order valence-electron chi connectivity index (χ4n) is 3.17. The highest BCUT2D eigenvalue weighted by atomic mass is 16.1. The minimum Gasteiger partial charge on any atom is -0.368 e. The highest BCUT2D eigenvalue weighted by Gasteiger charge is 2.29. The van der Waals surface area contributed by atoms with Gasteiger partial charge in [-0.15, -0.1) is 0 Å². The Morgan fingerprint density at radius 3 is 2.61 bits per heavy atom. The van der Waals surface area contributed by atoms with Crippen molar-refractivity contribution in [3.63, 3.8) is 0 Å². The third-order valence-electron chi connectivity index (χ3n) is 4.90. The van der Waals surface area contributed by atoms with Gasteiger partial charge in [0.25, 0.3) is 0 Å². The first-order chi connectivity index (χ1) is 13.5. The molecule has 2 heterocycles. The molecule has 0 spiro atoms. The first kappa shape index (κ1) is 18.4. The van der Waals surface area contributed by atoms with E-state index in [0.29, 0.717) is 19.0 Å². The smallest absolute Gasteiger partial charge is 0.222 e. The third kappa shape index (κ3) is 3.69. The van der Waals surface area contributed by atoms with E-state index in [0.717, 1.165) is 46.9 Å². The van der Waals surface area contributed by atoms with Crippen molar-refractivity contribution >= 4 is 22.8 Å². The number of hydrogen-bond donors (Lipinski definition) is 2.